The summed E-state index contributed by atoms with van der Waals surface area (Å²) >= 11 is 5.18. The van der Waals surface area contributed by atoms with Gasteiger partial charge in [-0.1, -0.05) is 22.0 Å². The highest BCUT2D eigenvalue weighted by molar-refractivity contribution is 9.10. The van der Waals surface area contributed by atoms with Crippen LogP contribution in [0.2, 0.25) is 0 Å². The summed E-state index contributed by atoms with van der Waals surface area (Å²) in [5.74, 6) is -0.0255. The van der Waals surface area contributed by atoms with E-state index in [9.17, 15) is 4.79 Å². The molecule has 100 valence electrons. The van der Waals surface area contributed by atoms with Crippen LogP contribution in [0.1, 0.15) is 31.2 Å². The van der Waals surface area contributed by atoms with Gasteiger partial charge >= 0.3 is 0 Å². The molecule has 0 aliphatic rings. The molecule has 0 fully saturated rings. The second kappa shape index (κ2) is 5.88. The number of rotatable bonds is 3. The van der Waals surface area contributed by atoms with Crippen molar-refractivity contribution in [3.05, 3.63) is 55.2 Å². The fraction of sp³-hybridized carbons (Fsp3) is 0.267. The second-order valence-electron chi connectivity index (χ2n) is 4.55. The quantitative estimate of drug-likeness (QED) is 0.885. The van der Waals surface area contributed by atoms with Gasteiger partial charge in [0.05, 0.1) is 6.54 Å². The number of carbonyl (C=O) groups excluding carboxylic acids is 1. The largest absolute Gasteiger partial charge is 0.347 e. The molecule has 19 heavy (non-hydrogen) atoms. The van der Waals surface area contributed by atoms with Crippen molar-refractivity contribution >= 4 is 33.2 Å². The van der Waals surface area contributed by atoms with Crippen LogP contribution in [0.25, 0.3) is 0 Å². The third-order valence-electron chi connectivity index (χ3n) is 3.15. The SMILES string of the molecule is Cc1cc(CNC(=O)c2cccc(Br)c2C)sc1C. The first-order valence-electron chi connectivity index (χ1n) is 6.08. The predicted molar refractivity (Wildman–Crippen MR) is 83.8 cm³/mol. The lowest BCUT2D eigenvalue weighted by molar-refractivity contribution is 0.0950. The van der Waals surface area contributed by atoms with E-state index in [1.54, 1.807) is 11.3 Å². The van der Waals surface area contributed by atoms with Gasteiger partial charge < -0.3 is 5.32 Å². The number of hydrogen-bond acceptors (Lipinski definition) is 2. The molecule has 2 rings (SSSR count). The molecule has 1 aromatic carbocycles. The maximum atomic E-state index is 12.2. The Hall–Kier alpha value is -1.13. The van der Waals surface area contributed by atoms with Gasteiger partial charge in [-0.25, -0.2) is 0 Å². The first-order chi connectivity index (χ1) is 8.99. The first kappa shape index (κ1) is 14.3. The molecule has 2 nitrogen and oxygen atoms in total. The molecule has 1 N–H and O–H groups in total. The molecule has 0 radical (unpaired) electrons. The van der Waals surface area contributed by atoms with E-state index < -0.39 is 0 Å². The van der Waals surface area contributed by atoms with Gasteiger partial charge in [-0.05, 0) is 50.1 Å². The topological polar surface area (TPSA) is 29.1 Å². The van der Waals surface area contributed by atoms with Gasteiger partial charge in [0.2, 0.25) is 0 Å². The molecule has 0 saturated heterocycles. The molecule has 0 aliphatic carbocycles. The number of nitrogens with one attached hydrogen (secondary N) is 1. The molecule has 0 spiro atoms. The number of halogens is 1. The van der Waals surface area contributed by atoms with E-state index in [2.05, 4.69) is 41.2 Å². The molecule has 1 heterocycles. The molecule has 0 aliphatic heterocycles. The van der Waals surface area contributed by atoms with Crippen LogP contribution < -0.4 is 5.32 Å². The second-order valence-corrected chi connectivity index (χ2v) is 6.74. The Kier molecular flexibility index (Phi) is 4.42. The van der Waals surface area contributed by atoms with Crippen LogP contribution in [0, 0.1) is 20.8 Å². The average Bonchev–Trinajstić information content (AvgIpc) is 2.69. The maximum absolute atomic E-state index is 12.2. The molecule has 4 heteroatoms. The van der Waals surface area contributed by atoms with Crippen molar-refractivity contribution in [2.45, 2.75) is 27.3 Å². The van der Waals surface area contributed by atoms with E-state index in [1.807, 2.05) is 25.1 Å². The molecule has 0 bridgehead atoms. The van der Waals surface area contributed by atoms with Crippen LogP contribution in [0.3, 0.4) is 0 Å². The van der Waals surface area contributed by atoms with Crippen LogP contribution in [0.4, 0.5) is 0 Å². The molecule has 0 atom stereocenters. The Balaban J connectivity index is 2.07. The van der Waals surface area contributed by atoms with Crippen LogP contribution in [-0.2, 0) is 6.54 Å². The Bertz CT molecular complexity index is 599. The number of aryl methyl sites for hydroxylation is 2. The summed E-state index contributed by atoms with van der Waals surface area (Å²) in [6.07, 6.45) is 0. The number of carbonyl (C=O) groups is 1. The van der Waals surface area contributed by atoms with Gasteiger partial charge in [-0.15, -0.1) is 11.3 Å². The van der Waals surface area contributed by atoms with Gasteiger partial charge in [-0.3, -0.25) is 4.79 Å². The van der Waals surface area contributed by atoms with Gasteiger partial charge in [0.15, 0.2) is 0 Å². The molecule has 2 aromatic rings. The highest BCUT2D eigenvalue weighted by atomic mass is 79.9. The molecule has 0 saturated carbocycles. The molecular weight excluding hydrogens is 322 g/mol. The number of benzene rings is 1. The van der Waals surface area contributed by atoms with E-state index in [4.69, 9.17) is 0 Å². The minimum atomic E-state index is -0.0255. The Morgan fingerprint density at radius 2 is 2.05 bits per heavy atom. The van der Waals surface area contributed by atoms with E-state index in [1.165, 1.54) is 15.3 Å². The lowest BCUT2D eigenvalue weighted by atomic mass is 10.1. The Morgan fingerprint density at radius 3 is 2.68 bits per heavy atom. The van der Waals surface area contributed by atoms with Crippen molar-refractivity contribution in [1.82, 2.24) is 5.32 Å². The lowest BCUT2D eigenvalue weighted by Crippen LogP contribution is -2.23. The highest BCUT2D eigenvalue weighted by Crippen LogP contribution is 2.21. The maximum Gasteiger partial charge on any atom is 0.251 e. The minimum Gasteiger partial charge on any atom is -0.347 e. The molecule has 1 amide bonds. The van der Waals surface area contributed by atoms with E-state index in [0.29, 0.717) is 6.54 Å². The van der Waals surface area contributed by atoms with Crippen molar-refractivity contribution < 1.29 is 4.79 Å². The standard InChI is InChI=1S/C15H16BrNOS/c1-9-7-12(19-11(9)3)8-17-15(18)13-5-4-6-14(16)10(13)2/h4-7H,8H2,1-3H3,(H,17,18). The summed E-state index contributed by atoms with van der Waals surface area (Å²) in [6.45, 7) is 6.72. The number of thiophene rings is 1. The minimum absolute atomic E-state index is 0.0255. The Morgan fingerprint density at radius 1 is 1.32 bits per heavy atom. The summed E-state index contributed by atoms with van der Waals surface area (Å²) in [5.41, 5.74) is 2.98. The molecule has 1 aromatic heterocycles. The van der Waals surface area contributed by atoms with Crippen molar-refractivity contribution in [3.63, 3.8) is 0 Å². The monoisotopic (exact) mass is 337 g/mol. The summed E-state index contributed by atoms with van der Waals surface area (Å²) < 4.78 is 0.961. The fourth-order valence-electron chi connectivity index (χ4n) is 1.85. The molecular formula is C15H16BrNOS. The van der Waals surface area contributed by atoms with Crippen molar-refractivity contribution in [1.29, 1.82) is 0 Å². The van der Waals surface area contributed by atoms with Gasteiger partial charge in [0.25, 0.3) is 5.91 Å². The van der Waals surface area contributed by atoms with Crippen LogP contribution in [0.15, 0.2) is 28.7 Å². The first-order valence-corrected chi connectivity index (χ1v) is 7.69. The normalized spacial score (nSPS) is 10.5. The lowest BCUT2D eigenvalue weighted by Gasteiger charge is -2.08. The van der Waals surface area contributed by atoms with Crippen LogP contribution >= 0.6 is 27.3 Å². The number of amides is 1. The van der Waals surface area contributed by atoms with E-state index in [0.717, 1.165) is 15.6 Å². The summed E-state index contributed by atoms with van der Waals surface area (Å²) in [6, 6.07) is 7.80. The summed E-state index contributed by atoms with van der Waals surface area (Å²) in [5, 5.41) is 2.97. The smallest absolute Gasteiger partial charge is 0.251 e. The summed E-state index contributed by atoms with van der Waals surface area (Å²) in [4.78, 5) is 14.7. The zero-order chi connectivity index (χ0) is 14.0. The third kappa shape index (κ3) is 3.25. The summed E-state index contributed by atoms with van der Waals surface area (Å²) in [7, 11) is 0. The van der Waals surface area contributed by atoms with Gasteiger partial charge in [0.1, 0.15) is 0 Å². The van der Waals surface area contributed by atoms with Crippen LogP contribution in [-0.4, -0.2) is 5.91 Å². The van der Waals surface area contributed by atoms with Crippen molar-refractivity contribution in [2.24, 2.45) is 0 Å². The van der Waals surface area contributed by atoms with Crippen molar-refractivity contribution in [2.75, 3.05) is 0 Å². The van der Waals surface area contributed by atoms with Crippen LogP contribution in [0.5, 0.6) is 0 Å². The van der Waals surface area contributed by atoms with Gasteiger partial charge in [0, 0.05) is 19.8 Å². The van der Waals surface area contributed by atoms with E-state index >= 15 is 0 Å². The highest BCUT2D eigenvalue weighted by Gasteiger charge is 2.11. The fourth-order valence-corrected chi connectivity index (χ4v) is 3.21. The Labute approximate surface area is 126 Å². The third-order valence-corrected chi connectivity index (χ3v) is 5.16. The molecule has 0 unspecified atom stereocenters. The van der Waals surface area contributed by atoms with E-state index in [-0.39, 0.29) is 5.91 Å². The van der Waals surface area contributed by atoms with Gasteiger partial charge in [-0.2, -0.15) is 0 Å². The van der Waals surface area contributed by atoms with Crippen molar-refractivity contribution in [3.8, 4) is 0 Å². The average molecular weight is 338 g/mol. The zero-order valence-electron chi connectivity index (χ0n) is 11.2. The number of hydrogen-bond donors (Lipinski definition) is 1. The predicted octanol–water partition coefficient (Wildman–Crippen LogP) is 4.37. The zero-order valence-corrected chi connectivity index (χ0v) is 13.6.